The van der Waals surface area contributed by atoms with Gasteiger partial charge in [-0.2, -0.15) is 0 Å². The van der Waals surface area contributed by atoms with Crippen LogP contribution in [0.4, 0.5) is 0 Å². The van der Waals surface area contributed by atoms with E-state index in [-0.39, 0.29) is 4.11 Å². The second kappa shape index (κ2) is 4.25. The van der Waals surface area contributed by atoms with Crippen LogP contribution in [-0.4, -0.2) is 41.5 Å². The van der Waals surface area contributed by atoms with Gasteiger partial charge in [0.15, 0.2) is 0 Å². The van der Waals surface area contributed by atoms with Gasteiger partial charge in [0.2, 0.25) is 0 Å². The maximum Gasteiger partial charge on any atom is 0.133 e. The van der Waals surface area contributed by atoms with Crippen LogP contribution < -0.4 is 0 Å². The fourth-order valence-electron chi connectivity index (χ4n) is 0.928. The van der Waals surface area contributed by atoms with E-state index in [0.29, 0.717) is 6.54 Å². The average Bonchev–Trinajstić information content (AvgIpc) is 1.88. The Balaban J connectivity index is 2.24. The van der Waals surface area contributed by atoms with E-state index in [1.54, 1.807) is 0 Å². The summed E-state index contributed by atoms with van der Waals surface area (Å²) in [7, 11) is 0. The third kappa shape index (κ3) is 2.51. The topological polar surface area (TPSA) is 29.5 Å². The number of alkyl halides is 1. The van der Waals surface area contributed by atoms with Crippen molar-refractivity contribution < 1.29 is 9.53 Å². The van der Waals surface area contributed by atoms with Crippen molar-refractivity contribution in [3.63, 3.8) is 0 Å². The van der Waals surface area contributed by atoms with Crippen LogP contribution in [0.5, 0.6) is 0 Å². The molecule has 1 atom stereocenters. The van der Waals surface area contributed by atoms with Crippen LogP contribution in [0, 0.1) is 0 Å². The summed E-state index contributed by atoms with van der Waals surface area (Å²) in [5.74, 6) is 0. The highest BCUT2D eigenvalue weighted by Crippen LogP contribution is 2.09. The number of hydrogen-bond acceptors (Lipinski definition) is 3. The lowest BCUT2D eigenvalue weighted by Crippen LogP contribution is -2.40. The second-order valence-corrected chi connectivity index (χ2v) is 3.60. The number of nitrogens with zero attached hydrogens (tertiary/aromatic N) is 1. The van der Waals surface area contributed by atoms with Crippen molar-refractivity contribution in [3.05, 3.63) is 0 Å². The van der Waals surface area contributed by atoms with E-state index >= 15 is 0 Å². The van der Waals surface area contributed by atoms with Gasteiger partial charge in [-0.15, -0.1) is 0 Å². The van der Waals surface area contributed by atoms with Crippen molar-refractivity contribution in [2.45, 2.75) is 4.11 Å². The molecule has 0 aromatic carbocycles. The number of hydrogen-bond donors (Lipinski definition) is 0. The van der Waals surface area contributed by atoms with Gasteiger partial charge < -0.3 is 9.53 Å². The standard InChI is InChI=1S/C6H10INO2/c7-6-5-8(1-3-9)2-4-10-6/h3,6H,1-2,4-5H2. The van der Waals surface area contributed by atoms with Gasteiger partial charge in [0.25, 0.3) is 0 Å². The minimum absolute atomic E-state index is 0.256. The zero-order valence-electron chi connectivity index (χ0n) is 5.62. The molecule has 1 saturated heterocycles. The summed E-state index contributed by atoms with van der Waals surface area (Å²) in [4.78, 5) is 12.2. The molecular weight excluding hydrogens is 245 g/mol. The van der Waals surface area contributed by atoms with E-state index in [9.17, 15) is 4.79 Å². The van der Waals surface area contributed by atoms with Crippen LogP contribution >= 0.6 is 22.6 Å². The molecule has 0 bridgehead atoms. The first kappa shape index (κ1) is 8.42. The number of halogens is 1. The predicted molar refractivity (Wildman–Crippen MR) is 46.3 cm³/mol. The van der Waals surface area contributed by atoms with Crippen LogP contribution in [0.1, 0.15) is 0 Å². The summed E-state index contributed by atoms with van der Waals surface area (Å²) >= 11 is 2.23. The van der Waals surface area contributed by atoms with E-state index in [0.717, 1.165) is 26.0 Å². The largest absolute Gasteiger partial charge is 0.365 e. The smallest absolute Gasteiger partial charge is 0.133 e. The highest BCUT2D eigenvalue weighted by atomic mass is 127. The minimum atomic E-state index is 0.256. The van der Waals surface area contributed by atoms with Gasteiger partial charge in [-0.05, 0) is 22.6 Å². The van der Waals surface area contributed by atoms with Crippen molar-refractivity contribution in [2.24, 2.45) is 0 Å². The third-order valence-corrected chi connectivity index (χ3v) is 2.19. The number of carbonyl (C=O) groups excluding carboxylic acids is 1. The highest BCUT2D eigenvalue weighted by molar-refractivity contribution is 14.1. The monoisotopic (exact) mass is 255 g/mol. The molecular formula is C6H10INO2. The SMILES string of the molecule is O=CCN1CCOC(I)C1. The van der Waals surface area contributed by atoms with Gasteiger partial charge >= 0.3 is 0 Å². The molecule has 0 spiro atoms. The van der Waals surface area contributed by atoms with Gasteiger partial charge in [-0.1, -0.05) is 0 Å². The maximum absolute atomic E-state index is 10.1. The molecule has 0 radical (unpaired) electrons. The molecule has 1 fully saturated rings. The lowest BCUT2D eigenvalue weighted by atomic mass is 10.4. The van der Waals surface area contributed by atoms with E-state index in [4.69, 9.17) is 4.74 Å². The first-order valence-corrected chi connectivity index (χ1v) is 4.49. The number of morpholine rings is 1. The quantitative estimate of drug-likeness (QED) is 0.403. The van der Waals surface area contributed by atoms with E-state index in [1.807, 2.05) is 0 Å². The summed E-state index contributed by atoms with van der Waals surface area (Å²) in [6.07, 6.45) is 0.939. The molecule has 0 aromatic rings. The Labute approximate surface area is 73.9 Å². The molecule has 1 heterocycles. The Kier molecular flexibility index (Phi) is 3.58. The Bertz CT molecular complexity index is 120. The van der Waals surface area contributed by atoms with Crippen LogP contribution in [0.3, 0.4) is 0 Å². The van der Waals surface area contributed by atoms with Crippen LogP contribution in [0.15, 0.2) is 0 Å². The first-order chi connectivity index (χ1) is 4.83. The highest BCUT2D eigenvalue weighted by Gasteiger charge is 2.16. The Hall–Kier alpha value is 0.320. The van der Waals surface area contributed by atoms with Crippen molar-refractivity contribution in [1.82, 2.24) is 4.90 Å². The van der Waals surface area contributed by atoms with E-state index in [1.165, 1.54) is 0 Å². The van der Waals surface area contributed by atoms with Crippen molar-refractivity contribution in [1.29, 1.82) is 0 Å². The minimum Gasteiger partial charge on any atom is -0.365 e. The zero-order chi connectivity index (χ0) is 7.40. The number of carbonyl (C=O) groups is 1. The second-order valence-electron chi connectivity index (χ2n) is 2.21. The Morgan fingerprint density at radius 1 is 1.80 bits per heavy atom. The number of ether oxygens (including phenoxy) is 1. The van der Waals surface area contributed by atoms with Crippen LogP contribution in [0.2, 0.25) is 0 Å². The molecule has 1 aliphatic heterocycles. The summed E-state index contributed by atoms with van der Waals surface area (Å²) < 4.78 is 5.54. The summed E-state index contributed by atoms with van der Waals surface area (Å²) in [6.45, 7) is 3.06. The van der Waals surface area contributed by atoms with Crippen LogP contribution in [0.25, 0.3) is 0 Å². The molecule has 10 heavy (non-hydrogen) atoms. The third-order valence-electron chi connectivity index (χ3n) is 1.44. The normalized spacial score (nSPS) is 28.3. The lowest BCUT2D eigenvalue weighted by Gasteiger charge is -2.28. The molecule has 4 heteroatoms. The molecule has 58 valence electrons. The Morgan fingerprint density at radius 2 is 2.60 bits per heavy atom. The van der Waals surface area contributed by atoms with E-state index in [2.05, 4.69) is 27.5 Å². The average molecular weight is 255 g/mol. The van der Waals surface area contributed by atoms with Crippen molar-refractivity contribution in [2.75, 3.05) is 26.2 Å². The van der Waals surface area contributed by atoms with Crippen molar-refractivity contribution in [3.8, 4) is 0 Å². The molecule has 1 unspecified atom stereocenters. The molecule has 0 aromatic heterocycles. The van der Waals surface area contributed by atoms with Gasteiger partial charge in [-0.25, -0.2) is 0 Å². The molecule has 3 nitrogen and oxygen atoms in total. The molecule has 1 aliphatic rings. The van der Waals surface area contributed by atoms with Crippen molar-refractivity contribution >= 4 is 28.9 Å². The molecule has 0 amide bonds. The molecule has 0 saturated carbocycles. The molecule has 0 N–H and O–H groups in total. The Morgan fingerprint density at radius 3 is 3.20 bits per heavy atom. The molecule has 1 rings (SSSR count). The first-order valence-electron chi connectivity index (χ1n) is 3.24. The van der Waals surface area contributed by atoms with E-state index < -0.39 is 0 Å². The zero-order valence-corrected chi connectivity index (χ0v) is 7.78. The maximum atomic E-state index is 10.1. The van der Waals surface area contributed by atoms with Gasteiger partial charge in [0.1, 0.15) is 10.4 Å². The summed E-state index contributed by atoms with van der Waals surface area (Å²) in [6, 6.07) is 0. The number of rotatable bonds is 2. The molecule has 0 aliphatic carbocycles. The van der Waals surface area contributed by atoms with Gasteiger partial charge in [0.05, 0.1) is 13.2 Å². The fourth-order valence-corrected chi connectivity index (χ4v) is 1.74. The van der Waals surface area contributed by atoms with Crippen LogP contribution in [-0.2, 0) is 9.53 Å². The van der Waals surface area contributed by atoms with Gasteiger partial charge in [0, 0.05) is 13.1 Å². The number of aldehydes is 1. The fraction of sp³-hybridized carbons (Fsp3) is 0.833. The summed E-state index contributed by atoms with van der Waals surface area (Å²) in [5, 5.41) is 0. The lowest BCUT2D eigenvalue weighted by molar-refractivity contribution is -0.109. The predicted octanol–water partition coefficient (Wildman–Crippen LogP) is 0.279. The summed E-state index contributed by atoms with van der Waals surface area (Å²) in [5.41, 5.74) is 0. The van der Waals surface area contributed by atoms with Gasteiger partial charge in [-0.3, -0.25) is 4.90 Å².